The highest BCUT2D eigenvalue weighted by molar-refractivity contribution is 7.11. The van der Waals surface area contributed by atoms with Crippen molar-refractivity contribution in [2.75, 3.05) is 13.2 Å². The van der Waals surface area contributed by atoms with E-state index in [0.717, 1.165) is 42.4 Å². The number of hydrogen-bond donors (Lipinski definition) is 1. The van der Waals surface area contributed by atoms with Crippen molar-refractivity contribution >= 4 is 11.3 Å². The van der Waals surface area contributed by atoms with Crippen LogP contribution in [-0.4, -0.2) is 28.9 Å². The normalized spacial score (nSPS) is 20.7. The van der Waals surface area contributed by atoms with Crippen molar-refractivity contribution in [3.05, 3.63) is 10.0 Å². The zero-order valence-electron chi connectivity index (χ0n) is 12.2. The summed E-state index contributed by atoms with van der Waals surface area (Å²) in [7, 11) is 0. The average Bonchev–Trinajstić information content (AvgIpc) is 2.83. The Morgan fingerprint density at radius 3 is 2.84 bits per heavy atom. The first-order chi connectivity index (χ1) is 9.04. The second kappa shape index (κ2) is 6.77. The minimum atomic E-state index is 0.197. The third-order valence-electron chi connectivity index (χ3n) is 3.16. The molecule has 1 unspecified atom stereocenters. The lowest BCUT2D eigenvalue weighted by atomic mass is 10.1. The molecule has 0 aliphatic carbocycles. The van der Waals surface area contributed by atoms with E-state index in [1.165, 1.54) is 12.8 Å². The van der Waals surface area contributed by atoms with Gasteiger partial charge < -0.3 is 10.1 Å². The minimum absolute atomic E-state index is 0.197. The molecule has 2 rings (SSSR count). The molecule has 0 amide bonds. The maximum absolute atomic E-state index is 5.74. The van der Waals surface area contributed by atoms with E-state index in [0.29, 0.717) is 0 Å². The number of aromatic nitrogens is 2. The van der Waals surface area contributed by atoms with Crippen LogP contribution in [0.3, 0.4) is 0 Å². The Hall–Kier alpha value is -0.520. The molecule has 1 aromatic rings. The summed E-state index contributed by atoms with van der Waals surface area (Å²) >= 11 is 1.72. The summed E-state index contributed by atoms with van der Waals surface area (Å²) in [5, 5.41) is 14.3. The third kappa shape index (κ3) is 5.16. The second-order valence-electron chi connectivity index (χ2n) is 6.17. The van der Waals surface area contributed by atoms with Crippen molar-refractivity contribution in [3.8, 4) is 0 Å². The summed E-state index contributed by atoms with van der Waals surface area (Å²) in [6.45, 7) is 8.47. The van der Waals surface area contributed by atoms with Crippen LogP contribution in [0.1, 0.15) is 62.6 Å². The summed E-state index contributed by atoms with van der Waals surface area (Å²) in [4.78, 5) is 0. The molecule has 2 heterocycles. The van der Waals surface area contributed by atoms with Crippen molar-refractivity contribution in [1.82, 2.24) is 15.5 Å². The Bertz CT molecular complexity index is 380. The molecule has 0 spiro atoms. The van der Waals surface area contributed by atoms with Gasteiger partial charge in [0.2, 0.25) is 0 Å². The maximum Gasteiger partial charge on any atom is 0.146 e. The van der Waals surface area contributed by atoms with Gasteiger partial charge in [-0.15, -0.1) is 10.2 Å². The van der Waals surface area contributed by atoms with Crippen LogP contribution < -0.4 is 5.32 Å². The Kier molecular flexibility index (Phi) is 5.30. The molecule has 1 saturated heterocycles. The zero-order chi connectivity index (χ0) is 13.7. The van der Waals surface area contributed by atoms with Crippen molar-refractivity contribution < 1.29 is 4.74 Å². The lowest BCUT2D eigenvalue weighted by Gasteiger charge is -2.20. The molecule has 1 aromatic heterocycles. The molecule has 1 fully saturated rings. The zero-order valence-corrected chi connectivity index (χ0v) is 13.1. The van der Waals surface area contributed by atoms with Crippen LogP contribution in [0.15, 0.2) is 0 Å². The van der Waals surface area contributed by atoms with Crippen LogP contribution >= 0.6 is 11.3 Å². The summed E-state index contributed by atoms with van der Waals surface area (Å²) in [6, 6.07) is 0. The van der Waals surface area contributed by atoms with Gasteiger partial charge in [-0.3, -0.25) is 0 Å². The maximum atomic E-state index is 5.74. The van der Waals surface area contributed by atoms with Gasteiger partial charge in [-0.25, -0.2) is 0 Å². The van der Waals surface area contributed by atoms with Gasteiger partial charge in [-0.1, -0.05) is 11.3 Å². The minimum Gasteiger partial charge on any atom is -0.371 e. The van der Waals surface area contributed by atoms with Gasteiger partial charge in [0, 0.05) is 18.6 Å². The van der Waals surface area contributed by atoms with Gasteiger partial charge in [0.25, 0.3) is 0 Å². The number of rotatable bonds is 5. The Labute approximate surface area is 120 Å². The SMILES string of the molecule is CC(C)(C)NCCCc1nnc(C2CCCCO2)s1. The van der Waals surface area contributed by atoms with Gasteiger partial charge in [0.1, 0.15) is 16.1 Å². The van der Waals surface area contributed by atoms with Crippen LogP contribution in [0.5, 0.6) is 0 Å². The van der Waals surface area contributed by atoms with Crippen molar-refractivity contribution in [2.45, 2.75) is 64.5 Å². The number of nitrogens with zero attached hydrogens (tertiary/aromatic N) is 2. The lowest BCUT2D eigenvalue weighted by Crippen LogP contribution is -2.36. The van der Waals surface area contributed by atoms with Gasteiger partial charge >= 0.3 is 0 Å². The smallest absolute Gasteiger partial charge is 0.146 e. The van der Waals surface area contributed by atoms with Crippen molar-refractivity contribution in [3.63, 3.8) is 0 Å². The number of nitrogens with one attached hydrogen (secondary N) is 1. The van der Waals surface area contributed by atoms with Crippen LogP contribution in [0, 0.1) is 0 Å². The van der Waals surface area contributed by atoms with Gasteiger partial charge in [0.05, 0.1) is 0 Å². The lowest BCUT2D eigenvalue weighted by molar-refractivity contribution is 0.0144. The molecule has 0 bridgehead atoms. The van der Waals surface area contributed by atoms with E-state index in [2.05, 4.69) is 36.3 Å². The van der Waals surface area contributed by atoms with Crippen molar-refractivity contribution in [2.24, 2.45) is 0 Å². The largest absolute Gasteiger partial charge is 0.371 e. The fourth-order valence-electron chi connectivity index (χ4n) is 2.14. The molecule has 5 heteroatoms. The summed E-state index contributed by atoms with van der Waals surface area (Å²) in [6.07, 6.45) is 5.84. The average molecular weight is 283 g/mol. The van der Waals surface area contributed by atoms with E-state index >= 15 is 0 Å². The van der Waals surface area contributed by atoms with E-state index < -0.39 is 0 Å². The molecule has 1 N–H and O–H groups in total. The first-order valence-electron chi connectivity index (χ1n) is 7.23. The molecule has 1 aliphatic rings. The van der Waals surface area contributed by atoms with Crippen LogP contribution in [0.4, 0.5) is 0 Å². The quantitative estimate of drug-likeness (QED) is 0.844. The number of hydrogen-bond acceptors (Lipinski definition) is 5. The first-order valence-corrected chi connectivity index (χ1v) is 8.05. The topological polar surface area (TPSA) is 47.0 Å². The summed E-state index contributed by atoms with van der Waals surface area (Å²) < 4.78 is 5.74. The van der Waals surface area contributed by atoms with E-state index in [4.69, 9.17) is 4.74 Å². The Morgan fingerprint density at radius 2 is 2.16 bits per heavy atom. The number of aryl methyl sites for hydroxylation is 1. The number of ether oxygens (including phenoxy) is 1. The third-order valence-corrected chi connectivity index (χ3v) is 4.24. The molecule has 19 heavy (non-hydrogen) atoms. The van der Waals surface area contributed by atoms with E-state index in [9.17, 15) is 0 Å². The highest BCUT2D eigenvalue weighted by Gasteiger charge is 2.20. The molecule has 4 nitrogen and oxygen atoms in total. The summed E-state index contributed by atoms with van der Waals surface area (Å²) in [5.41, 5.74) is 0.197. The fraction of sp³-hybridized carbons (Fsp3) is 0.857. The molecule has 0 saturated carbocycles. The van der Waals surface area contributed by atoms with Gasteiger partial charge in [-0.05, 0) is 53.0 Å². The highest BCUT2D eigenvalue weighted by atomic mass is 32.1. The predicted octanol–water partition coefficient (Wildman–Crippen LogP) is 3.10. The second-order valence-corrected chi connectivity index (χ2v) is 7.26. The molecular weight excluding hydrogens is 258 g/mol. The molecule has 108 valence electrons. The van der Waals surface area contributed by atoms with Crippen LogP contribution in [-0.2, 0) is 11.2 Å². The predicted molar refractivity (Wildman–Crippen MR) is 78.5 cm³/mol. The van der Waals surface area contributed by atoms with E-state index in [1.54, 1.807) is 11.3 Å². The molecule has 0 radical (unpaired) electrons. The van der Waals surface area contributed by atoms with Gasteiger partial charge in [0.15, 0.2) is 0 Å². The molecule has 1 aliphatic heterocycles. The van der Waals surface area contributed by atoms with Crippen molar-refractivity contribution in [1.29, 1.82) is 0 Å². The van der Waals surface area contributed by atoms with E-state index in [-0.39, 0.29) is 11.6 Å². The van der Waals surface area contributed by atoms with E-state index in [1.807, 2.05) is 0 Å². The van der Waals surface area contributed by atoms with Crippen LogP contribution in [0.2, 0.25) is 0 Å². The highest BCUT2D eigenvalue weighted by Crippen LogP contribution is 2.29. The Morgan fingerprint density at radius 1 is 1.32 bits per heavy atom. The summed E-state index contributed by atoms with van der Waals surface area (Å²) in [5.74, 6) is 0. The molecule has 0 aromatic carbocycles. The van der Waals surface area contributed by atoms with Gasteiger partial charge in [-0.2, -0.15) is 0 Å². The molecule has 1 atom stereocenters. The first kappa shape index (κ1) is 14.9. The monoisotopic (exact) mass is 283 g/mol. The standard InChI is InChI=1S/C14H25N3OS/c1-14(2,3)15-9-6-8-12-16-17-13(19-12)11-7-4-5-10-18-11/h11,15H,4-10H2,1-3H3. The molecular formula is C14H25N3OS. The fourth-order valence-corrected chi connectivity index (χ4v) is 3.10. The Balaban J connectivity index is 1.74. The van der Waals surface area contributed by atoms with Crippen LogP contribution in [0.25, 0.3) is 0 Å².